The molecule has 0 atom stereocenters. The van der Waals surface area contributed by atoms with Crippen LogP contribution in [0.25, 0.3) is 0 Å². The van der Waals surface area contributed by atoms with Gasteiger partial charge in [-0.05, 0) is 145 Å². The lowest BCUT2D eigenvalue weighted by Gasteiger charge is -2.36. The summed E-state index contributed by atoms with van der Waals surface area (Å²) < 4.78 is 8.10. The Kier molecular flexibility index (Phi) is 13.8. The first-order valence-corrected chi connectivity index (χ1v) is 29.6. The molecule has 11 rings (SSSR count). The molecule has 0 radical (unpaired) electrons. The Morgan fingerprint density at radius 1 is 0.526 bits per heavy atom. The van der Waals surface area contributed by atoms with Crippen molar-refractivity contribution in [1.29, 1.82) is 0 Å². The van der Waals surface area contributed by atoms with Crippen LogP contribution in [0.1, 0.15) is 125 Å². The van der Waals surface area contributed by atoms with Crippen LogP contribution >= 0.6 is 63.7 Å². The molecule has 5 aromatic carbocycles. The minimum Gasteiger partial charge on any atom is -0.347 e. The molecule has 0 bridgehead atoms. The van der Waals surface area contributed by atoms with Crippen molar-refractivity contribution in [3.05, 3.63) is 204 Å². The summed E-state index contributed by atoms with van der Waals surface area (Å²) in [6, 6.07) is 29.9. The minimum atomic E-state index is -0.300. The highest BCUT2D eigenvalue weighted by molar-refractivity contribution is 9.11. The van der Waals surface area contributed by atoms with Gasteiger partial charge in [-0.1, -0.05) is 107 Å². The van der Waals surface area contributed by atoms with Gasteiger partial charge in [0.05, 0.1) is 41.0 Å². The molecule has 10 nitrogen and oxygen atoms in total. The third-order valence-electron chi connectivity index (χ3n) is 17.8. The van der Waals surface area contributed by atoms with E-state index in [-0.39, 0.29) is 42.9 Å². The highest BCUT2D eigenvalue weighted by Crippen LogP contribution is 2.58. The van der Waals surface area contributed by atoms with Gasteiger partial charge in [0.25, 0.3) is 11.4 Å². The lowest BCUT2D eigenvalue weighted by atomic mass is 9.68. The van der Waals surface area contributed by atoms with Gasteiger partial charge in [-0.15, -0.1) is 0 Å². The molecule has 0 amide bonds. The van der Waals surface area contributed by atoms with Crippen molar-refractivity contribution >= 4 is 109 Å². The van der Waals surface area contributed by atoms with Crippen LogP contribution < -0.4 is 9.80 Å². The van der Waals surface area contributed by atoms with Crippen molar-refractivity contribution in [3.63, 3.8) is 0 Å². The van der Waals surface area contributed by atoms with Crippen molar-refractivity contribution in [1.82, 2.24) is 0 Å². The SMILES string of the molecule is CN1/C(=C/C=C/C2=[N+](Cc3ccc(C[N+]4=C(/C=C/C=C5/N(C)c6cc([N+](=O)[O-])c(Br)cc6C56CCCCC6)C(C)(C)c5cc(Br)ccc54)cc3)c3ccc(Br)cc3C2(C)C)C2(CCCCC2)c2cc(Br)c([N+](=O)[O-])cc21. The highest BCUT2D eigenvalue weighted by atomic mass is 79.9. The topological polar surface area (TPSA) is 98.8 Å². The first-order chi connectivity index (χ1) is 36.3. The van der Waals surface area contributed by atoms with Gasteiger partial charge in [-0.3, -0.25) is 20.2 Å². The first-order valence-electron chi connectivity index (χ1n) is 26.5. The summed E-state index contributed by atoms with van der Waals surface area (Å²) >= 11 is 14.7. The van der Waals surface area contributed by atoms with Crippen molar-refractivity contribution in [2.45, 2.75) is 127 Å². The molecule has 6 aliphatic rings. The maximum absolute atomic E-state index is 12.1. The molecule has 76 heavy (non-hydrogen) atoms. The van der Waals surface area contributed by atoms with Crippen LogP contribution in [0.3, 0.4) is 0 Å². The van der Waals surface area contributed by atoms with Gasteiger partial charge in [-0.2, -0.15) is 9.15 Å². The number of hydrogen-bond acceptors (Lipinski definition) is 6. The molecular weight excluding hydrogens is 1210 g/mol. The Morgan fingerprint density at radius 2 is 0.895 bits per heavy atom. The van der Waals surface area contributed by atoms with Crippen molar-refractivity contribution in [2.24, 2.45) is 0 Å². The second-order valence-electron chi connectivity index (χ2n) is 22.7. The van der Waals surface area contributed by atoms with Gasteiger partial charge in [0, 0.05) is 104 Å². The molecule has 390 valence electrons. The van der Waals surface area contributed by atoms with E-state index < -0.39 is 0 Å². The number of halogens is 4. The van der Waals surface area contributed by atoms with E-state index in [2.05, 4.69) is 222 Å². The second kappa shape index (κ2) is 19.9. The smallest absolute Gasteiger partial charge is 0.285 e. The monoisotopic (exact) mass is 1270 g/mol. The number of rotatable bonds is 10. The summed E-state index contributed by atoms with van der Waals surface area (Å²) in [6.45, 7) is 10.6. The van der Waals surface area contributed by atoms with E-state index >= 15 is 0 Å². The van der Waals surface area contributed by atoms with E-state index in [1.807, 2.05) is 12.1 Å². The Morgan fingerprint density at radius 3 is 1.25 bits per heavy atom. The normalized spacial score (nSPS) is 20.8. The van der Waals surface area contributed by atoms with E-state index in [4.69, 9.17) is 0 Å². The number of hydrogen-bond donors (Lipinski definition) is 0. The number of fused-ring (bicyclic) bond motifs is 6. The fraction of sp³-hybridized carbons (Fsp3) is 0.355. The van der Waals surface area contributed by atoms with Crippen LogP contribution in [0.15, 0.2) is 151 Å². The number of benzene rings is 5. The fourth-order valence-corrected chi connectivity index (χ4v) is 15.7. The Hall–Kier alpha value is -5.28. The van der Waals surface area contributed by atoms with Gasteiger partial charge in [0.15, 0.2) is 24.5 Å². The summed E-state index contributed by atoms with van der Waals surface area (Å²) in [5.41, 5.74) is 15.5. The fourth-order valence-electron chi connectivity index (χ4n) is 14.0. The van der Waals surface area contributed by atoms with E-state index in [0.717, 1.165) is 71.7 Å². The molecule has 4 heterocycles. The molecule has 2 aliphatic carbocycles. The van der Waals surface area contributed by atoms with E-state index in [1.54, 1.807) is 12.1 Å². The maximum atomic E-state index is 12.1. The number of anilines is 2. The van der Waals surface area contributed by atoms with Crippen molar-refractivity contribution in [2.75, 3.05) is 23.9 Å². The largest absolute Gasteiger partial charge is 0.347 e. The zero-order chi connectivity index (χ0) is 53.6. The zero-order valence-corrected chi connectivity index (χ0v) is 50.2. The standard InChI is InChI=1S/C62H62Br4N6O4/c1-59(2)43-31-41(63)23-25-49(43)69(55(59)15-13-17-57-61(27-9-7-10-28-61)45-33-47(65)53(71(73)74)35-51(45)67(57)5)37-39-19-21-40(22-20-39)38-70-50-26-24-42(64)32-44(50)60(3,4)56(70)16-14-18-58-62(29-11-8-12-30-62)46-34-48(66)54(72(75)76)36-52(46)68(58)6/h13-26,31-36H,7-12,27-30,37-38H2,1-6H3/q+2. The molecule has 0 saturated heterocycles. The molecule has 0 unspecified atom stereocenters. The van der Waals surface area contributed by atoms with Gasteiger partial charge in [-0.25, -0.2) is 0 Å². The van der Waals surface area contributed by atoms with Gasteiger partial charge in [0.2, 0.25) is 11.4 Å². The number of nitrogens with zero attached hydrogens (tertiary/aromatic N) is 6. The molecule has 4 aliphatic heterocycles. The molecule has 2 saturated carbocycles. The van der Waals surface area contributed by atoms with Crippen LogP contribution in [0.5, 0.6) is 0 Å². The number of nitro benzene ring substituents is 2. The zero-order valence-electron chi connectivity index (χ0n) is 43.9. The summed E-state index contributed by atoms with van der Waals surface area (Å²) in [7, 11) is 4.12. The van der Waals surface area contributed by atoms with Crippen LogP contribution in [-0.4, -0.2) is 44.5 Å². The van der Waals surface area contributed by atoms with E-state index in [1.165, 1.54) is 80.4 Å². The number of allylic oxidation sites excluding steroid dienone is 8. The summed E-state index contributed by atoms with van der Waals surface area (Å²) in [5.74, 6) is 0. The lowest BCUT2D eigenvalue weighted by Crippen LogP contribution is -2.32. The maximum Gasteiger partial charge on any atom is 0.285 e. The average Bonchev–Trinajstić information content (AvgIpc) is 3.91. The quantitative estimate of drug-likeness (QED) is 0.0785. The van der Waals surface area contributed by atoms with Crippen LogP contribution in [0.4, 0.5) is 34.1 Å². The predicted molar refractivity (Wildman–Crippen MR) is 320 cm³/mol. The molecule has 5 aromatic rings. The van der Waals surface area contributed by atoms with Crippen LogP contribution in [-0.2, 0) is 34.7 Å². The summed E-state index contributed by atoms with van der Waals surface area (Å²) in [4.78, 5) is 27.9. The minimum absolute atomic E-state index is 0.0905. The lowest BCUT2D eigenvalue weighted by molar-refractivity contribution is -0.455. The number of nitro groups is 2. The van der Waals surface area contributed by atoms with Gasteiger partial charge >= 0.3 is 0 Å². The van der Waals surface area contributed by atoms with Crippen molar-refractivity contribution in [3.8, 4) is 0 Å². The van der Waals surface area contributed by atoms with Crippen LogP contribution in [0.2, 0.25) is 0 Å². The second-order valence-corrected chi connectivity index (χ2v) is 26.3. The Balaban J connectivity index is 0.921. The average molecular weight is 1270 g/mol. The first kappa shape index (κ1) is 52.8. The summed E-state index contributed by atoms with van der Waals surface area (Å²) in [5, 5.41) is 24.1. The van der Waals surface area contributed by atoms with E-state index in [0.29, 0.717) is 22.0 Å². The highest BCUT2D eigenvalue weighted by Gasteiger charge is 2.50. The molecular formula is C62H62Br4N6O4+2. The van der Waals surface area contributed by atoms with Gasteiger partial charge in [0.1, 0.15) is 0 Å². The molecule has 0 N–H and O–H groups in total. The molecule has 0 aromatic heterocycles. The van der Waals surface area contributed by atoms with Gasteiger partial charge < -0.3 is 9.80 Å². The number of likely N-dealkylation sites (N-methyl/N-ethyl adjacent to an activating group) is 2. The molecule has 2 fully saturated rings. The van der Waals surface area contributed by atoms with E-state index in [9.17, 15) is 20.2 Å². The predicted octanol–water partition coefficient (Wildman–Crippen LogP) is 17.3. The Labute approximate surface area is 479 Å². The third-order valence-corrected chi connectivity index (χ3v) is 20.1. The molecule has 2 spiro atoms. The molecule has 14 heteroatoms. The van der Waals surface area contributed by atoms with Crippen LogP contribution in [0, 0.1) is 20.2 Å². The Bertz CT molecular complexity index is 3260. The van der Waals surface area contributed by atoms with Crippen molar-refractivity contribution < 1.29 is 19.0 Å². The summed E-state index contributed by atoms with van der Waals surface area (Å²) in [6.07, 6.45) is 24.4. The third kappa shape index (κ3) is 8.66.